The van der Waals surface area contributed by atoms with Crippen LogP contribution < -0.4 is 15.9 Å². The second-order valence-corrected chi connectivity index (χ2v) is 14.9. The van der Waals surface area contributed by atoms with E-state index in [4.69, 9.17) is 0 Å². The smallest absolute Gasteiger partial charge is 0.428 e. The molecule has 0 amide bonds. The molecule has 0 aromatic heterocycles. The van der Waals surface area contributed by atoms with Crippen molar-refractivity contribution in [2.24, 2.45) is 0 Å². The highest BCUT2D eigenvalue weighted by atomic mass is 32.2. The van der Waals surface area contributed by atoms with Gasteiger partial charge in [-0.05, 0) is 49.2 Å². The lowest BCUT2D eigenvalue weighted by molar-refractivity contribution is -0.247. The predicted octanol–water partition coefficient (Wildman–Crippen LogP) is 4.35. The zero-order valence-corrected chi connectivity index (χ0v) is 23.9. The predicted molar refractivity (Wildman–Crippen MR) is 145 cm³/mol. The van der Waals surface area contributed by atoms with Gasteiger partial charge in [0.25, 0.3) is 10.0 Å². The molecule has 0 atom stereocenters. The first-order chi connectivity index (χ1) is 19.1. The fourth-order valence-electron chi connectivity index (χ4n) is 4.07. The Balaban J connectivity index is 0.000000227. The summed E-state index contributed by atoms with van der Waals surface area (Å²) in [5.41, 5.74) is 0. The molecule has 0 bridgehead atoms. The number of sulfonamides is 1. The van der Waals surface area contributed by atoms with Crippen molar-refractivity contribution in [3.05, 3.63) is 91.0 Å². The van der Waals surface area contributed by atoms with Crippen LogP contribution in [0.5, 0.6) is 0 Å². The highest BCUT2D eigenvalue weighted by Crippen LogP contribution is 2.51. The third-order valence-electron chi connectivity index (χ3n) is 6.21. The summed E-state index contributed by atoms with van der Waals surface area (Å²) >= 11 is 0. The van der Waals surface area contributed by atoms with E-state index in [1.807, 2.05) is 0 Å². The molecule has 0 spiro atoms. The monoisotopic (exact) mass is 641 g/mol. The highest BCUT2D eigenvalue weighted by Gasteiger charge is 2.80. The van der Waals surface area contributed by atoms with E-state index in [9.17, 15) is 47.7 Å². The SMILES string of the molecule is O=S(=O)([O-])C(F)(F)C(F)(F)C(F)(F)S(=O)(=O)N1CCCCC1.c1ccc([PH+](c2ccccc2)c2ccccc2)cc1. The van der Waals surface area contributed by atoms with Crippen LogP contribution in [0.3, 0.4) is 0 Å². The van der Waals surface area contributed by atoms with Crippen molar-refractivity contribution < 1.29 is 47.7 Å². The van der Waals surface area contributed by atoms with E-state index >= 15 is 0 Å². The van der Waals surface area contributed by atoms with Crippen LogP contribution >= 0.6 is 7.92 Å². The van der Waals surface area contributed by atoms with Crippen LogP contribution in [0.1, 0.15) is 19.3 Å². The summed E-state index contributed by atoms with van der Waals surface area (Å²) in [6, 6.07) is 32.5. The molecule has 3 aromatic carbocycles. The van der Waals surface area contributed by atoms with Crippen molar-refractivity contribution in [1.82, 2.24) is 4.31 Å². The second-order valence-electron chi connectivity index (χ2n) is 9.00. The molecule has 41 heavy (non-hydrogen) atoms. The van der Waals surface area contributed by atoms with E-state index < -0.39 is 57.6 Å². The molecular formula is C26H26F6NO5PS2. The molecule has 1 aliphatic heterocycles. The van der Waals surface area contributed by atoms with Crippen molar-refractivity contribution in [1.29, 1.82) is 0 Å². The number of piperidine rings is 1. The Morgan fingerprint density at radius 2 is 0.927 bits per heavy atom. The van der Waals surface area contributed by atoms with Gasteiger partial charge < -0.3 is 4.55 Å². The Hall–Kier alpha value is -2.51. The van der Waals surface area contributed by atoms with Gasteiger partial charge in [0.15, 0.2) is 10.1 Å². The lowest BCUT2D eigenvalue weighted by Crippen LogP contribution is -2.63. The number of hydrogen-bond acceptors (Lipinski definition) is 5. The molecule has 1 fully saturated rings. The van der Waals surface area contributed by atoms with Crippen molar-refractivity contribution in [3.8, 4) is 0 Å². The summed E-state index contributed by atoms with van der Waals surface area (Å²) in [4.78, 5) is 0. The Bertz CT molecular complexity index is 1400. The number of rotatable bonds is 8. The first-order valence-corrected chi connectivity index (χ1v) is 16.5. The van der Waals surface area contributed by atoms with Crippen LogP contribution in [-0.2, 0) is 20.1 Å². The van der Waals surface area contributed by atoms with Gasteiger partial charge in [0, 0.05) is 13.1 Å². The zero-order valence-electron chi connectivity index (χ0n) is 21.3. The number of alkyl halides is 6. The maximum Gasteiger partial charge on any atom is 0.428 e. The Morgan fingerprint density at radius 3 is 1.24 bits per heavy atom. The number of benzene rings is 3. The van der Waals surface area contributed by atoms with Gasteiger partial charge in [0.2, 0.25) is 0 Å². The zero-order chi connectivity index (χ0) is 30.5. The van der Waals surface area contributed by atoms with Crippen LogP contribution in [0.25, 0.3) is 0 Å². The van der Waals surface area contributed by atoms with Gasteiger partial charge in [0.05, 0.1) is 7.92 Å². The molecular weight excluding hydrogens is 615 g/mol. The molecule has 0 aliphatic carbocycles. The maximum atomic E-state index is 13.5. The van der Waals surface area contributed by atoms with Gasteiger partial charge in [-0.25, -0.2) is 16.8 Å². The van der Waals surface area contributed by atoms with Crippen LogP contribution in [0.15, 0.2) is 91.0 Å². The van der Waals surface area contributed by atoms with Crippen LogP contribution in [-0.4, -0.2) is 55.2 Å². The van der Waals surface area contributed by atoms with Crippen molar-refractivity contribution in [2.75, 3.05) is 13.1 Å². The molecule has 1 saturated heterocycles. The van der Waals surface area contributed by atoms with E-state index in [-0.39, 0.29) is 17.1 Å². The minimum absolute atomic E-state index is 0.0388. The number of hydrogen-bond donors (Lipinski definition) is 0. The van der Waals surface area contributed by atoms with E-state index in [1.165, 1.54) is 15.9 Å². The van der Waals surface area contributed by atoms with Crippen molar-refractivity contribution in [2.45, 2.75) is 35.7 Å². The fourth-order valence-corrected chi connectivity index (χ4v) is 8.67. The fraction of sp³-hybridized carbons (Fsp3) is 0.308. The van der Waals surface area contributed by atoms with E-state index in [2.05, 4.69) is 91.0 Å². The lowest BCUT2D eigenvalue weighted by atomic mass is 10.2. The van der Waals surface area contributed by atoms with Gasteiger partial charge in [0.1, 0.15) is 15.9 Å². The van der Waals surface area contributed by atoms with Gasteiger partial charge in [-0.1, -0.05) is 61.0 Å². The van der Waals surface area contributed by atoms with Gasteiger partial charge in [-0.2, -0.15) is 30.6 Å². The topological polar surface area (TPSA) is 94.6 Å². The third-order valence-corrected chi connectivity index (χ3v) is 11.8. The number of nitrogens with zero attached hydrogens (tertiary/aromatic N) is 1. The molecule has 6 nitrogen and oxygen atoms in total. The third kappa shape index (κ3) is 6.77. The van der Waals surface area contributed by atoms with Gasteiger partial charge >= 0.3 is 16.4 Å². The molecule has 0 unspecified atom stereocenters. The van der Waals surface area contributed by atoms with E-state index in [1.54, 1.807) is 0 Å². The van der Waals surface area contributed by atoms with Crippen LogP contribution in [0.2, 0.25) is 0 Å². The second kappa shape index (κ2) is 12.8. The first-order valence-electron chi connectivity index (χ1n) is 12.2. The standard InChI is InChI=1S/C18H15P.C8H11F6NO5S2/c1-4-10-16(11-5-1)19(17-12-6-2-7-13-17)18-14-8-3-9-15-18;9-6(10,8(13,14)22(18,19)20)7(11,12)21(16,17)15-4-2-1-3-5-15/h1-15H;1-5H2,(H,18,19,20). The Labute approximate surface area is 235 Å². The average molecular weight is 642 g/mol. The summed E-state index contributed by atoms with van der Waals surface area (Å²) in [6.45, 7) is -1.21. The number of halogens is 6. The summed E-state index contributed by atoms with van der Waals surface area (Å²) in [6.07, 6.45) is 0.493. The molecule has 15 heteroatoms. The average Bonchev–Trinajstić information content (AvgIpc) is 2.95. The van der Waals surface area contributed by atoms with Crippen molar-refractivity contribution >= 4 is 44.0 Å². The quantitative estimate of drug-likeness (QED) is 0.207. The first kappa shape index (κ1) is 33.0. The van der Waals surface area contributed by atoms with Crippen LogP contribution in [0.4, 0.5) is 26.3 Å². The molecule has 1 aliphatic rings. The largest absolute Gasteiger partial charge is 0.743 e. The molecule has 224 valence electrons. The van der Waals surface area contributed by atoms with Gasteiger partial charge in [-0.15, -0.1) is 0 Å². The molecule has 0 saturated carbocycles. The summed E-state index contributed by atoms with van der Waals surface area (Å²) in [5.74, 6) is -6.93. The van der Waals surface area contributed by atoms with E-state index in [0.29, 0.717) is 6.42 Å². The van der Waals surface area contributed by atoms with Crippen molar-refractivity contribution in [3.63, 3.8) is 0 Å². The highest BCUT2D eigenvalue weighted by molar-refractivity contribution is 7.90. The maximum absolute atomic E-state index is 13.5. The minimum Gasteiger partial charge on any atom is -0.743 e. The molecule has 0 radical (unpaired) electrons. The van der Waals surface area contributed by atoms with Gasteiger partial charge in [-0.3, -0.25) is 0 Å². The minimum atomic E-state index is -7.23. The Morgan fingerprint density at radius 1 is 0.585 bits per heavy atom. The van der Waals surface area contributed by atoms with E-state index in [0.717, 1.165) is 0 Å². The normalized spacial score (nSPS) is 15.7. The lowest BCUT2D eigenvalue weighted by Gasteiger charge is -2.36. The van der Waals surface area contributed by atoms with Crippen LogP contribution in [0, 0.1) is 0 Å². The molecule has 4 rings (SSSR count). The molecule has 3 aromatic rings. The Kier molecular flexibility index (Phi) is 10.3. The summed E-state index contributed by atoms with van der Waals surface area (Å²) in [7, 11) is -14.4. The summed E-state index contributed by atoms with van der Waals surface area (Å²) < 4.78 is 133. The molecule has 1 heterocycles. The summed E-state index contributed by atoms with van der Waals surface area (Å²) in [5, 5.41) is -8.97. The molecule has 0 N–H and O–H groups in total.